The van der Waals surface area contributed by atoms with Gasteiger partial charge in [0.2, 0.25) is 5.91 Å². The maximum atomic E-state index is 14.0. The van der Waals surface area contributed by atoms with Crippen molar-refractivity contribution in [3.63, 3.8) is 0 Å². The molecule has 2 aromatic carbocycles. The lowest BCUT2D eigenvalue weighted by atomic mass is 9.88. The Morgan fingerprint density at radius 3 is 2.69 bits per heavy atom. The Hall–Kier alpha value is -3.47. The van der Waals surface area contributed by atoms with E-state index in [0.717, 1.165) is 27.6 Å². The van der Waals surface area contributed by atoms with Crippen molar-refractivity contribution in [3.05, 3.63) is 102 Å². The molecule has 0 aliphatic rings. The number of aryl methyl sites for hydroxylation is 1. The second-order valence-electron chi connectivity index (χ2n) is 7.16. The van der Waals surface area contributed by atoms with Gasteiger partial charge in [-0.25, -0.2) is 4.39 Å². The molecular formula is C24H22FN3O. The normalized spacial score (nSPS) is 12.1. The Kier molecular flexibility index (Phi) is 5.38. The third-order valence-electron chi connectivity index (χ3n) is 5.18. The topological polar surface area (TPSA) is 46.9 Å². The lowest BCUT2D eigenvalue weighted by Crippen LogP contribution is -2.25. The number of carbonyl (C=O) groups excluding carboxylic acids is 1. The Bertz CT molecular complexity index is 1140. The summed E-state index contributed by atoms with van der Waals surface area (Å²) >= 11 is 0. The molecule has 1 amide bonds. The second-order valence-corrected chi connectivity index (χ2v) is 7.16. The average molecular weight is 387 g/mol. The van der Waals surface area contributed by atoms with Crippen molar-refractivity contribution in [2.75, 3.05) is 0 Å². The summed E-state index contributed by atoms with van der Waals surface area (Å²) in [6, 6.07) is 18.3. The first-order chi connectivity index (χ1) is 14.1. The van der Waals surface area contributed by atoms with Gasteiger partial charge in [-0.2, -0.15) is 0 Å². The minimum atomic E-state index is -0.301. The number of carbonyl (C=O) groups is 1. The summed E-state index contributed by atoms with van der Waals surface area (Å²) in [6.45, 7) is 0.437. The van der Waals surface area contributed by atoms with Crippen molar-refractivity contribution in [2.24, 2.45) is 7.05 Å². The van der Waals surface area contributed by atoms with Crippen LogP contribution in [0.3, 0.4) is 0 Å². The molecule has 0 spiro atoms. The van der Waals surface area contributed by atoms with Crippen LogP contribution < -0.4 is 5.32 Å². The number of hydrogen-bond acceptors (Lipinski definition) is 2. The van der Waals surface area contributed by atoms with Crippen LogP contribution >= 0.6 is 0 Å². The van der Waals surface area contributed by atoms with Gasteiger partial charge in [-0.15, -0.1) is 0 Å². The lowest BCUT2D eigenvalue weighted by Gasteiger charge is -2.17. The first-order valence-electron chi connectivity index (χ1n) is 9.57. The zero-order chi connectivity index (χ0) is 20.2. The molecular weight excluding hydrogens is 365 g/mol. The van der Waals surface area contributed by atoms with Gasteiger partial charge in [-0.3, -0.25) is 9.78 Å². The Morgan fingerprint density at radius 2 is 1.90 bits per heavy atom. The molecule has 5 heteroatoms. The van der Waals surface area contributed by atoms with Crippen molar-refractivity contribution in [1.29, 1.82) is 0 Å². The van der Waals surface area contributed by atoms with Gasteiger partial charge in [0, 0.05) is 55.4 Å². The number of hydrogen-bond donors (Lipinski definition) is 1. The molecule has 0 saturated carbocycles. The predicted octanol–water partition coefficient (Wildman–Crippen LogP) is 4.55. The van der Waals surface area contributed by atoms with E-state index in [2.05, 4.69) is 10.3 Å². The highest BCUT2D eigenvalue weighted by molar-refractivity contribution is 5.86. The molecule has 0 saturated heterocycles. The molecule has 0 radical (unpaired) electrons. The van der Waals surface area contributed by atoms with E-state index in [1.165, 1.54) is 12.1 Å². The minimum absolute atomic E-state index is 0.0796. The maximum absolute atomic E-state index is 14.0. The fourth-order valence-electron chi connectivity index (χ4n) is 3.74. The molecule has 2 aromatic heterocycles. The molecule has 29 heavy (non-hydrogen) atoms. The van der Waals surface area contributed by atoms with Crippen LogP contribution in [0.15, 0.2) is 79.3 Å². The fourth-order valence-corrected chi connectivity index (χ4v) is 3.74. The molecule has 2 heterocycles. The van der Waals surface area contributed by atoms with E-state index in [0.29, 0.717) is 6.54 Å². The van der Waals surface area contributed by atoms with Crippen LogP contribution in [0, 0.1) is 5.82 Å². The van der Waals surface area contributed by atoms with E-state index >= 15 is 0 Å². The van der Waals surface area contributed by atoms with Crippen LogP contribution in [0.4, 0.5) is 4.39 Å². The average Bonchev–Trinajstić information content (AvgIpc) is 3.08. The molecule has 1 atom stereocenters. The summed E-state index contributed by atoms with van der Waals surface area (Å²) < 4.78 is 16.0. The monoisotopic (exact) mass is 387 g/mol. The summed E-state index contributed by atoms with van der Waals surface area (Å²) in [4.78, 5) is 16.8. The van der Waals surface area contributed by atoms with Crippen molar-refractivity contribution in [2.45, 2.75) is 18.9 Å². The smallest absolute Gasteiger partial charge is 0.221 e. The van der Waals surface area contributed by atoms with Gasteiger partial charge in [-0.05, 0) is 47.0 Å². The van der Waals surface area contributed by atoms with Crippen molar-refractivity contribution in [1.82, 2.24) is 14.9 Å². The highest BCUT2D eigenvalue weighted by Gasteiger charge is 2.22. The van der Waals surface area contributed by atoms with Crippen LogP contribution in [-0.2, 0) is 18.4 Å². The molecule has 0 aliphatic heterocycles. The molecule has 4 nitrogen and oxygen atoms in total. The van der Waals surface area contributed by atoms with Gasteiger partial charge >= 0.3 is 0 Å². The Balaban J connectivity index is 1.65. The quantitative estimate of drug-likeness (QED) is 0.528. The van der Waals surface area contributed by atoms with Crippen LogP contribution in [0.2, 0.25) is 0 Å². The maximum Gasteiger partial charge on any atom is 0.221 e. The first-order valence-corrected chi connectivity index (χ1v) is 9.57. The lowest BCUT2D eigenvalue weighted by molar-refractivity contribution is -0.121. The molecule has 0 aliphatic carbocycles. The molecule has 4 aromatic rings. The number of nitrogens with zero attached hydrogens (tertiary/aromatic N) is 2. The SMILES string of the molecule is Cn1cc([C@@H](CC(=O)NCc2ccncc2)c2cccc(F)c2)c2ccccc21. The van der Waals surface area contributed by atoms with E-state index in [1.54, 1.807) is 18.5 Å². The van der Waals surface area contributed by atoms with Crippen LogP contribution in [0.5, 0.6) is 0 Å². The number of pyridine rings is 1. The summed E-state index contributed by atoms with van der Waals surface area (Å²) in [7, 11) is 1.98. The predicted molar refractivity (Wildman–Crippen MR) is 112 cm³/mol. The third-order valence-corrected chi connectivity index (χ3v) is 5.18. The highest BCUT2D eigenvalue weighted by Crippen LogP contribution is 2.34. The second kappa shape index (κ2) is 8.27. The number of aromatic nitrogens is 2. The number of para-hydroxylation sites is 1. The third kappa shape index (κ3) is 4.19. The summed E-state index contributed by atoms with van der Waals surface area (Å²) in [5.74, 6) is -0.622. The van der Waals surface area contributed by atoms with Crippen LogP contribution in [0.1, 0.15) is 29.0 Å². The van der Waals surface area contributed by atoms with Crippen molar-refractivity contribution < 1.29 is 9.18 Å². The van der Waals surface area contributed by atoms with Crippen molar-refractivity contribution in [3.8, 4) is 0 Å². The Morgan fingerprint density at radius 1 is 1.10 bits per heavy atom. The van der Waals surface area contributed by atoms with Crippen LogP contribution in [-0.4, -0.2) is 15.5 Å². The van der Waals surface area contributed by atoms with Gasteiger partial charge in [0.15, 0.2) is 0 Å². The summed E-state index contributed by atoms with van der Waals surface area (Å²) in [6.07, 6.45) is 5.68. The summed E-state index contributed by atoms with van der Waals surface area (Å²) in [5.41, 5.74) is 3.88. The molecule has 146 valence electrons. The standard InChI is InChI=1S/C24H22FN3O/c1-28-16-22(20-7-2-3-8-23(20)28)21(18-5-4-6-19(25)13-18)14-24(29)27-15-17-9-11-26-12-10-17/h2-13,16,21H,14-15H2,1H3,(H,27,29)/t21-/m0/s1. The molecule has 1 N–H and O–H groups in total. The van der Waals surface area contributed by atoms with Crippen LogP contribution in [0.25, 0.3) is 10.9 Å². The van der Waals surface area contributed by atoms with Gasteiger partial charge in [0.1, 0.15) is 5.82 Å². The van der Waals surface area contributed by atoms with E-state index < -0.39 is 0 Å². The van der Waals surface area contributed by atoms with Gasteiger partial charge in [0.25, 0.3) is 0 Å². The number of nitrogens with one attached hydrogen (secondary N) is 1. The summed E-state index contributed by atoms with van der Waals surface area (Å²) in [5, 5.41) is 4.05. The number of fused-ring (bicyclic) bond motifs is 1. The zero-order valence-electron chi connectivity index (χ0n) is 16.2. The fraction of sp³-hybridized carbons (Fsp3) is 0.167. The number of benzene rings is 2. The molecule has 0 unspecified atom stereocenters. The molecule has 0 bridgehead atoms. The number of rotatable bonds is 6. The minimum Gasteiger partial charge on any atom is -0.352 e. The van der Waals surface area contributed by atoms with Gasteiger partial charge in [-0.1, -0.05) is 30.3 Å². The van der Waals surface area contributed by atoms with E-state index in [1.807, 2.05) is 60.3 Å². The molecule has 0 fully saturated rings. The van der Waals surface area contributed by atoms with Gasteiger partial charge in [0.05, 0.1) is 0 Å². The van der Waals surface area contributed by atoms with E-state index in [4.69, 9.17) is 0 Å². The van der Waals surface area contributed by atoms with E-state index in [-0.39, 0.29) is 24.1 Å². The number of amides is 1. The molecule has 4 rings (SSSR count). The largest absolute Gasteiger partial charge is 0.352 e. The highest BCUT2D eigenvalue weighted by atomic mass is 19.1. The van der Waals surface area contributed by atoms with Crippen molar-refractivity contribution >= 4 is 16.8 Å². The first kappa shape index (κ1) is 18.9. The van der Waals surface area contributed by atoms with Gasteiger partial charge < -0.3 is 9.88 Å². The van der Waals surface area contributed by atoms with E-state index in [9.17, 15) is 9.18 Å². The number of halogens is 1. The Labute approximate surface area is 169 Å². The zero-order valence-corrected chi connectivity index (χ0v) is 16.2.